The fourth-order valence-electron chi connectivity index (χ4n) is 4.27. The number of carbonyl (C=O) groups is 1. The number of halogens is 1. The normalized spacial score (nSPS) is 11.2. The largest absolute Gasteiger partial charge is 0.478 e. The molecule has 0 spiro atoms. The van der Waals surface area contributed by atoms with Crippen LogP contribution in [0, 0.1) is 19.7 Å². The number of aromatic carboxylic acids is 1. The zero-order valence-corrected chi connectivity index (χ0v) is 19.2. The first-order chi connectivity index (χ1) is 16.9. The summed E-state index contributed by atoms with van der Waals surface area (Å²) in [6.07, 6.45) is 2.78. The molecule has 0 aliphatic rings. The Morgan fingerprint density at radius 1 is 1.09 bits per heavy atom. The van der Waals surface area contributed by atoms with Crippen LogP contribution in [0.4, 0.5) is 10.2 Å². The van der Waals surface area contributed by atoms with Gasteiger partial charge in [0.05, 0.1) is 23.1 Å². The summed E-state index contributed by atoms with van der Waals surface area (Å²) in [5, 5.41) is 20.1. The molecule has 3 N–H and O–H groups in total. The highest BCUT2D eigenvalue weighted by molar-refractivity contribution is 5.94. The van der Waals surface area contributed by atoms with Crippen LogP contribution in [0.15, 0.2) is 61.1 Å². The lowest BCUT2D eigenvalue weighted by atomic mass is 10.0. The van der Waals surface area contributed by atoms with Gasteiger partial charge in [-0.2, -0.15) is 5.10 Å². The summed E-state index contributed by atoms with van der Waals surface area (Å²) in [6, 6.07) is 14.6. The zero-order chi connectivity index (χ0) is 24.5. The van der Waals surface area contributed by atoms with Crippen LogP contribution in [0.2, 0.25) is 0 Å². The van der Waals surface area contributed by atoms with Crippen molar-refractivity contribution in [3.05, 3.63) is 83.7 Å². The Morgan fingerprint density at radius 3 is 2.63 bits per heavy atom. The van der Waals surface area contributed by atoms with Gasteiger partial charge in [-0.05, 0) is 31.5 Å². The van der Waals surface area contributed by atoms with Crippen molar-refractivity contribution in [2.45, 2.75) is 20.4 Å². The van der Waals surface area contributed by atoms with Gasteiger partial charge in [0.1, 0.15) is 23.5 Å². The molecule has 9 heteroatoms. The molecule has 0 aliphatic heterocycles. The number of carboxylic acids is 1. The monoisotopic (exact) mass is 470 g/mol. The van der Waals surface area contributed by atoms with E-state index < -0.39 is 5.97 Å². The standard InChI is InChI=1S/C26H23FN6O2/c1-15-3-8-21(27)25-19(15)11-16(2)33(25)10-9-28-23-12-22(29-14-30-23)17-4-6-18(7-5-17)24-20(26(34)35)13-31-32-24/h3-8,11-14H,9-10H2,1-2H3,(H,31,32)(H,34,35)(H,28,29,30). The molecule has 5 aromatic rings. The maximum atomic E-state index is 14.5. The number of hydrogen-bond acceptors (Lipinski definition) is 5. The van der Waals surface area contributed by atoms with Crippen LogP contribution in [0.5, 0.6) is 0 Å². The fraction of sp³-hybridized carbons (Fsp3) is 0.154. The smallest absolute Gasteiger partial charge is 0.339 e. The molecular weight excluding hydrogens is 447 g/mol. The van der Waals surface area contributed by atoms with Gasteiger partial charge in [-0.1, -0.05) is 30.3 Å². The molecule has 0 saturated carbocycles. The summed E-state index contributed by atoms with van der Waals surface area (Å²) < 4.78 is 16.5. The van der Waals surface area contributed by atoms with Crippen molar-refractivity contribution in [2.75, 3.05) is 11.9 Å². The van der Waals surface area contributed by atoms with E-state index in [0.29, 0.717) is 35.7 Å². The van der Waals surface area contributed by atoms with E-state index in [-0.39, 0.29) is 11.4 Å². The molecule has 0 bridgehead atoms. The maximum Gasteiger partial charge on any atom is 0.339 e. The van der Waals surface area contributed by atoms with Gasteiger partial charge in [0.2, 0.25) is 0 Å². The maximum absolute atomic E-state index is 14.5. The van der Waals surface area contributed by atoms with E-state index in [1.54, 1.807) is 6.07 Å². The Bertz CT molecular complexity index is 1540. The van der Waals surface area contributed by atoms with Gasteiger partial charge in [0.15, 0.2) is 0 Å². The van der Waals surface area contributed by atoms with Crippen molar-refractivity contribution in [1.82, 2.24) is 24.7 Å². The number of nitrogens with one attached hydrogen (secondary N) is 2. The first-order valence-electron chi connectivity index (χ1n) is 11.1. The molecule has 176 valence electrons. The number of nitrogens with zero attached hydrogens (tertiary/aromatic N) is 4. The Kier molecular flexibility index (Phi) is 5.74. The van der Waals surface area contributed by atoms with E-state index in [0.717, 1.165) is 27.9 Å². The number of aromatic nitrogens is 5. The molecule has 0 aliphatic carbocycles. The third kappa shape index (κ3) is 4.23. The summed E-state index contributed by atoms with van der Waals surface area (Å²) in [5.74, 6) is -0.603. The minimum Gasteiger partial charge on any atom is -0.478 e. The minimum atomic E-state index is -1.04. The quantitative estimate of drug-likeness (QED) is 0.307. The predicted octanol–water partition coefficient (Wildman–Crippen LogP) is 5.05. The van der Waals surface area contributed by atoms with E-state index in [1.165, 1.54) is 18.6 Å². The molecule has 2 aromatic carbocycles. The van der Waals surface area contributed by atoms with Crippen molar-refractivity contribution in [1.29, 1.82) is 0 Å². The number of H-pyrrole nitrogens is 1. The SMILES string of the molecule is Cc1ccc(F)c2c1cc(C)n2CCNc1cc(-c2ccc(-c3[nH]ncc3C(=O)O)cc2)ncn1. The lowest BCUT2D eigenvalue weighted by Crippen LogP contribution is -2.13. The molecule has 0 atom stereocenters. The molecule has 0 radical (unpaired) electrons. The van der Waals surface area contributed by atoms with Gasteiger partial charge in [0.25, 0.3) is 0 Å². The van der Waals surface area contributed by atoms with Crippen molar-refractivity contribution < 1.29 is 14.3 Å². The number of fused-ring (bicyclic) bond motifs is 1. The fourth-order valence-corrected chi connectivity index (χ4v) is 4.27. The number of aromatic amines is 1. The van der Waals surface area contributed by atoms with Crippen LogP contribution < -0.4 is 5.32 Å². The molecule has 3 heterocycles. The minimum absolute atomic E-state index is 0.118. The summed E-state index contributed by atoms with van der Waals surface area (Å²) in [4.78, 5) is 20.0. The Balaban J connectivity index is 1.31. The van der Waals surface area contributed by atoms with Crippen LogP contribution in [-0.2, 0) is 6.54 Å². The van der Waals surface area contributed by atoms with Crippen LogP contribution in [0.3, 0.4) is 0 Å². The second-order valence-corrected chi connectivity index (χ2v) is 8.32. The van der Waals surface area contributed by atoms with E-state index >= 15 is 0 Å². The number of benzene rings is 2. The molecule has 35 heavy (non-hydrogen) atoms. The number of hydrogen-bond donors (Lipinski definition) is 3. The lowest BCUT2D eigenvalue weighted by Gasteiger charge is -2.11. The number of aryl methyl sites for hydroxylation is 2. The summed E-state index contributed by atoms with van der Waals surface area (Å²) in [6.45, 7) is 5.11. The molecule has 3 aromatic heterocycles. The van der Waals surface area contributed by atoms with Gasteiger partial charge >= 0.3 is 5.97 Å². The third-order valence-corrected chi connectivity index (χ3v) is 6.08. The van der Waals surface area contributed by atoms with Crippen LogP contribution in [0.1, 0.15) is 21.6 Å². The Hall–Kier alpha value is -4.53. The average molecular weight is 471 g/mol. The van der Waals surface area contributed by atoms with Gasteiger partial charge < -0.3 is 15.0 Å². The number of anilines is 1. The van der Waals surface area contributed by atoms with E-state index in [2.05, 4.69) is 25.5 Å². The number of rotatable bonds is 7. The molecule has 0 fully saturated rings. The van der Waals surface area contributed by atoms with Crippen LogP contribution in [-0.4, -0.2) is 42.4 Å². The van der Waals surface area contributed by atoms with Gasteiger partial charge in [-0.25, -0.2) is 19.2 Å². The first kappa shape index (κ1) is 22.3. The van der Waals surface area contributed by atoms with Crippen LogP contribution >= 0.6 is 0 Å². The Morgan fingerprint density at radius 2 is 1.86 bits per heavy atom. The average Bonchev–Trinajstić information content (AvgIpc) is 3.48. The molecular formula is C26H23FN6O2. The second kappa shape index (κ2) is 9.02. The first-order valence-corrected chi connectivity index (χ1v) is 11.1. The van der Waals surface area contributed by atoms with Gasteiger partial charge in [0, 0.05) is 41.4 Å². The predicted molar refractivity (Wildman–Crippen MR) is 132 cm³/mol. The zero-order valence-electron chi connectivity index (χ0n) is 19.2. The lowest BCUT2D eigenvalue weighted by molar-refractivity contribution is 0.0698. The molecule has 0 unspecified atom stereocenters. The highest BCUT2D eigenvalue weighted by atomic mass is 19.1. The van der Waals surface area contributed by atoms with Crippen molar-refractivity contribution in [2.24, 2.45) is 0 Å². The number of carboxylic acid groups (broad SMARTS) is 1. The van der Waals surface area contributed by atoms with Gasteiger partial charge in [-0.15, -0.1) is 0 Å². The summed E-state index contributed by atoms with van der Waals surface area (Å²) >= 11 is 0. The van der Waals surface area contributed by atoms with E-state index in [4.69, 9.17) is 0 Å². The van der Waals surface area contributed by atoms with Gasteiger partial charge in [-0.3, -0.25) is 5.10 Å². The molecule has 0 amide bonds. The van der Waals surface area contributed by atoms with E-state index in [9.17, 15) is 14.3 Å². The summed E-state index contributed by atoms with van der Waals surface area (Å²) in [5.41, 5.74) is 5.54. The molecule has 0 saturated heterocycles. The summed E-state index contributed by atoms with van der Waals surface area (Å²) in [7, 11) is 0. The highest BCUT2D eigenvalue weighted by Crippen LogP contribution is 2.27. The van der Waals surface area contributed by atoms with Crippen LogP contribution in [0.25, 0.3) is 33.4 Å². The molecule has 8 nitrogen and oxygen atoms in total. The van der Waals surface area contributed by atoms with Crippen molar-refractivity contribution in [3.8, 4) is 22.5 Å². The second-order valence-electron chi connectivity index (χ2n) is 8.32. The molecule has 5 rings (SSSR count). The highest BCUT2D eigenvalue weighted by Gasteiger charge is 2.15. The topological polar surface area (TPSA) is 109 Å². The van der Waals surface area contributed by atoms with Crippen molar-refractivity contribution in [3.63, 3.8) is 0 Å². The van der Waals surface area contributed by atoms with E-state index in [1.807, 2.05) is 54.8 Å². The Labute approximate surface area is 200 Å². The van der Waals surface area contributed by atoms with Crippen molar-refractivity contribution >= 4 is 22.7 Å². The third-order valence-electron chi connectivity index (χ3n) is 6.08.